The number of aliphatic imine (C=N–C) groups is 1. The summed E-state index contributed by atoms with van der Waals surface area (Å²) < 4.78 is 0. The average molecular weight is 366 g/mol. The van der Waals surface area contributed by atoms with E-state index in [9.17, 15) is 4.79 Å². The van der Waals surface area contributed by atoms with Crippen molar-refractivity contribution >= 4 is 35.8 Å². The molecule has 0 radical (unpaired) electrons. The Kier molecular flexibility index (Phi) is 8.78. The Morgan fingerprint density at radius 3 is 3.00 bits per heavy atom. The summed E-state index contributed by atoms with van der Waals surface area (Å²) in [5.74, 6) is 1.03. The van der Waals surface area contributed by atoms with Gasteiger partial charge in [0, 0.05) is 33.1 Å². The van der Waals surface area contributed by atoms with Crippen LogP contribution in [0.1, 0.15) is 19.8 Å². The largest absolute Gasteiger partial charge is 0.370 e. The van der Waals surface area contributed by atoms with Crippen molar-refractivity contribution in [3.63, 3.8) is 0 Å². The van der Waals surface area contributed by atoms with E-state index in [2.05, 4.69) is 16.9 Å². The van der Waals surface area contributed by atoms with Crippen LogP contribution in [0.3, 0.4) is 0 Å². The third-order valence-corrected chi connectivity index (χ3v) is 2.91. The number of halogens is 1. The van der Waals surface area contributed by atoms with Gasteiger partial charge in [0.15, 0.2) is 5.96 Å². The number of guanidine groups is 1. The number of likely N-dealkylation sites (tertiary alicyclic amines) is 1. The summed E-state index contributed by atoms with van der Waals surface area (Å²) in [5, 5.41) is 2.94. The van der Waals surface area contributed by atoms with E-state index < -0.39 is 0 Å². The Hall–Kier alpha value is -0.790. The summed E-state index contributed by atoms with van der Waals surface area (Å²) in [6.45, 7) is 8.19. The second kappa shape index (κ2) is 9.18. The molecule has 1 amide bonds. The van der Waals surface area contributed by atoms with Gasteiger partial charge < -0.3 is 16.0 Å². The number of nitrogens with one attached hydrogen (secondary N) is 1. The van der Waals surface area contributed by atoms with Crippen LogP contribution in [0.25, 0.3) is 0 Å². The molecule has 0 aromatic heterocycles. The molecule has 0 aliphatic carbocycles. The molecule has 1 fully saturated rings. The van der Waals surface area contributed by atoms with Gasteiger partial charge in [0.25, 0.3) is 0 Å². The van der Waals surface area contributed by atoms with Gasteiger partial charge in [-0.3, -0.25) is 9.79 Å². The van der Waals surface area contributed by atoms with Crippen LogP contribution in [0.4, 0.5) is 0 Å². The molecule has 0 bridgehead atoms. The predicted molar refractivity (Wildman–Crippen MR) is 85.1 cm³/mol. The van der Waals surface area contributed by atoms with E-state index in [-0.39, 0.29) is 29.9 Å². The van der Waals surface area contributed by atoms with E-state index >= 15 is 0 Å². The zero-order valence-electron chi connectivity index (χ0n) is 10.9. The molecule has 104 valence electrons. The summed E-state index contributed by atoms with van der Waals surface area (Å²) in [7, 11) is 0. The van der Waals surface area contributed by atoms with Gasteiger partial charge in [-0.2, -0.15) is 0 Å². The predicted octanol–water partition coefficient (Wildman–Crippen LogP) is 0.953. The normalized spacial score (nSPS) is 19.9. The molecule has 1 heterocycles. The van der Waals surface area contributed by atoms with Crippen LogP contribution >= 0.6 is 24.0 Å². The fourth-order valence-corrected chi connectivity index (χ4v) is 1.96. The highest BCUT2D eigenvalue weighted by Crippen LogP contribution is 2.16. The van der Waals surface area contributed by atoms with Crippen molar-refractivity contribution in [2.75, 3.05) is 26.2 Å². The van der Waals surface area contributed by atoms with Crippen LogP contribution in [-0.2, 0) is 4.79 Å². The number of carbonyl (C=O) groups is 1. The monoisotopic (exact) mass is 366 g/mol. The van der Waals surface area contributed by atoms with Gasteiger partial charge in [-0.15, -0.1) is 30.6 Å². The number of nitrogens with zero attached hydrogens (tertiary/aromatic N) is 2. The van der Waals surface area contributed by atoms with Crippen LogP contribution in [-0.4, -0.2) is 42.9 Å². The highest BCUT2D eigenvalue weighted by atomic mass is 127. The van der Waals surface area contributed by atoms with Crippen LogP contribution in [0, 0.1) is 5.92 Å². The highest BCUT2D eigenvalue weighted by molar-refractivity contribution is 14.0. The Morgan fingerprint density at radius 2 is 2.39 bits per heavy atom. The first-order valence-corrected chi connectivity index (χ1v) is 6.03. The number of rotatable bonds is 4. The Labute approximate surface area is 126 Å². The third-order valence-electron chi connectivity index (χ3n) is 2.91. The summed E-state index contributed by atoms with van der Waals surface area (Å²) in [4.78, 5) is 17.4. The van der Waals surface area contributed by atoms with E-state index in [1.807, 2.05) is 4.90 Å². The lowest BCUT2D eigenvalue weighted by Crippen LogP contribution is -2.40. The van der Waals surface area contributed by atoms with E-state index in [0.717, 1.165) is 25.9 Å². The molecule has 0 spiro atoms. The number of hydrogen-bond donors (Lipinski definition) is 2. The first kappa shape index (κ1) is 17.2. The lowest BCUT2D eigenvalue weighted by molar-refractivity contribution is -0.130. The SMILES string of the molecule is C=CCNC(N)=NCC1CCCN(C(C)=O)C1.I. The van der Waals surface area contributed by atoms with Crippen molar-refractivity contribution in [2.24, 2.45) is 16.6 Å². The van der Waals surface area contributed by atoms with Gasteiger partial charge >= 0.3 is 0 Å². The zero-order chi connectivity index (χ0) is 12.7. The van der Waals surface area contributed by atoms with Crippen molar-refractivity contribution < 1.29 is 4.79 Å². The average Bonchev–Trinajstić information content (AvgIpc) is 2.34. The van der Waals surface area contributed by atoms with Gasteiger partial charge in [-0.1, -0.05) is 6.08 Å². The molecule has 1 saturated heterocycles. The molecule has 0 aromatic carbocycles. The summed E-state index contributed by atoms with van der Waals surface area (Å²) >= 11 is 0. The number of amides is 1. The quantitative estimate of drug-likeness (QED) is 0.337. The highest BCUT2D eigenvalue weighted by Gasteiger charge is 2.20. The number of hydrogen-bond acceptors (Lipinski definition) is 2. The Bertz CT molecular complexity index is 306. The summed E-state index contributed by atoms with van der Waals surface area (Å²) in [5.41, 5.74) is 5.68. The fraction of sp³-hybridized carbons (Fsp3) is 0.667. The lowest BCUT2D eigenvalue weighted by atomic mass is 9.98. The molecule has 1 unspecified atom stereocenters. The molecule has 0 saturated carbocycles. The fourth-order valence-electron chi connectivity index (χ4n) is 1.96. The van der Waals surface area contributed by atoms with Crippen LogP contribution < -0.4 is 11.1 Å². The first-order valence-electron chi connectivity index (χ1n) is 6.03. The van der Waals surface area contributed by atoms with Crippen molar-refractivity contribution in [1.82, 2.24) is 10.2 Å². The molecule has 1 aliphatic heterocycles. The Balaban J connectivity index is 0.00000289. The smallest absolute Gasteiger partial charge is 0.219 e. The molecule has 5 nitrogen and oxygen atoms in total. The van der Waals surface area contributed by atoms with Crippen molar-refractivity contribution in [2.45, 2.75) is 19.8 Å². The van der Waals surface area contributed by atoms with E-state index in [1.165, 1.54) is 0 Å². The van der Waals surface area contributed by atoms with Crippen molar-refractivity contribution in [3.8, 4) is 0 Å². The molecular weight excluding hydrogens is 343 g/mol. The van der Waals surface area contributed by atoms with E-state index in [0.29, 0.717) is 25.0 Å². The van der Waals surface area contributed by atoms with Gasteiger partial charge in [0.2, 0.25) is 5.91 Å². The maximum atomic E-state index is 11.3. The minimum atomic E-state index is 0. The maximum absolute atomic E-state index is 11.3. The minimum Gasteiger partial charge on any atom is -0.370 e. The first-order chi connectivity index (χ1) is 8.13. The second-order valence-corrected chi connectivity index (χ2v) is 4.37. The molecule has 6 heteroatoms. The summed E-state index contributed by atoms with van der Waals surface area (Å²) in [6.07, 6.45) is 3.91. The minimum absolute atomic E-state index is 0. The maximum Gasteiger partial charge on any atom is 0.219 e. The lowest BCUT2D eigenvalue weighted by Gasteiger charge is -2.31. The molecular formula is C12H23IN4O. The van der Waals surface area contributed by atoms with Gasteiger partial charge in [0.1, 0.15) is 0 Å². The number of piperidine rings is 1. The molecule has 1 rings (SSSR count). The van der Waals surface area contributed by atoms with Crippen molar-refractivity contribution in [1.29, 1.82) is 0 Å². The van der Waals surface area contributed by atoms with Gasteiger partial charge in [0.05, 0.1) is 0 Å². The van der Waals surface area contributed by atoms with Gasteiger partial charge in [-0.25, -0.2) is 0 Å². The van der Waals surface area contributed by atoms with E-state index in [1.54, 1.807) is 13.0 Å². The third kappa shape index (κ3) is 6.23. The second-order valence-electron chi connectivity index (χ2n) is 4.37. The topological polar surface area (TPSA) is 70.7 Å². The van der Waals surface area contributed by atoms with Gasteiger partial charge in [-0.05, 0) is 18.8 Å². The summed E-state index contributed by atoms with van der Waals surface area (Å²) in [6, 6.07) is 0. The molecule has 18 heavy (non-hydrogen) atoms. The van der Waals surface area contributed by atoms with Crippen LogP contribution in [0.5, 0.6) is 0 Å². The number of nitrogens with two attached hydrogens (primary N) is 1. The van der Waals surface area contributed by atoms with Crippen LogP contribution in [0.2, 0.25) is 0 Å². The molecule has 1 atom stereocenters. The zero-order valence-corrected chi connectivity index (χ0v) is 13.2. The van der Waals surface area contributed by atoms with E-state index in [4.69, 9.17) is 5.73 Å². The van der Waals surface area contributed by atoms with Crippen LogP contribution in [0.15, 0.2) is 17.6 Å². The number of carbonyl (C=O) groups excluding carboxylic acids is 1. The molecule has 1 aliphatic rings. The molecule has 0 aromatic rings. The Morgan fingerprint density at radius 1 is 1.67 bits per heavy atom. The van der Waals surface area contributed by atoms with Crippen molar-refractivity contribution in [3.05, 3.63) is 12.7 Å². The molecule has 3 N–H and O–H groups in total. The standard InChI is InChI=1S/C12H22N4O.HI/c1-3-6-14-12(13)15-8-11-5-4-7-16(9-11)10(2)17;/h3,11H,1,4-9H2,2H3,(H3,13,14,15);1H.